The Hall–Kier alpha value is -1.59. The van der Waals surface area contributed by atoms with Gasteiger partial charge in [0.1, 0.15) is 0 Å². The lowest BCUT2D eigenvalue weighted by atomic mass is 9.75. The molecule has 0 saturated heterocycles. The number of nitrogens with zero attached hydrogens (tertiary/aromatic N) is 2. The van der Waals surface area contributed by atoms with Crippen molar-refractivity contribution in [2.45, 2.75) is 31.3 Å². The van der Waals surface area contributed by atoms with Gasteiger partial charge in [-0.15, -0.1) is 0 Å². The van der Waals surface area contributed by atoms with Crippen molar-refractivity contribution in [1.82, 2.24) is 10.2 Å². The predicted molar refractivity (Wildman–Crippen MR) is 80.9 cm³/mol. The summed E-state index contributed by atoms with van der Waals surface area (Å²) in [7, 11) is 4.29. The van der Waals surface area contributed by atoms with E-state index in [1.165, 1.54) is 19.3 Å². The minimum Gasteiger partial charge on any atom is -0.409 e. The molecule has 2 rings (SSSR count). The van der Waals surface area contributed by atoms with E-state index >= 15 is 0 Å². The third-order valence-electron chi connectivity index (χ3n) is 4.40. The molecule has 1 aromatic rings. The molecular formula is C15H24N4O. The molecule has 0 bridgehead atoms. The Morgan fingerprint density at radius 3 is 2.65 bits per heavy atom. The molecule has 0 atom stereocenters. The monoisotopic (exact) mass is 276 g/mol. The number of nitrogens with two attached hydrogens (primary N) is 1. The fraction of sp³-hybridized carbons (Fsp3) is 0.533. The van der Waals surface area contributed by atoms with Crippen molar-refractivity contribution in [2.75, 3.05) is 20.6 Å². The highest BCUT2D eigenvalue weighted by molar-refractivity contribution is 5.98. The molecule has 0 amide bonds. The highest BCUT2D eigenvalue weighted by atomic mass is 16.4. The van der Waals surface area contributed by atoms with Crippen LogP contribution in [0.1, 0.15) is 30.4 Å². The summed E-state index contributed by atoms with van der Waals surface area (Å²) in [5, 5.41) is 15.4. The lowest BCUT2D eigenvalue weighted by Crippen LogP contribution is -2.56. The van der Waals surface area contributed by atoms with E-state index in [0.29, 0.717) is 5.54 Å². The quantitative estimate of drug-likeness (QED) is 0.317. The number of likely N-dealkylation sites (N-methyl/N-ethyl adjacent to an activating group) is 1. The first-order valence-corrected chi connectivity index (χ1v) is 7.03. The molecule has 1 aromatic carbocycles. The highest BCUT2D eigenvalue weighted by Crippen LogP contribution is 2.35. The topological polar surface area (TPSA) is 73.9 Å². The van der Waals surface area contributed by atoms with Gasteiger partial charge in [-0.3, -0.25) is 0 Å². The van der Waals surface area contributed by atoms with E-state index in [2.05, 4.69) is 29.5 Å². The Kier molecular flexibility index (Phi) is 4.62. The van der Waals surface area contributed by atoms with E-state index in [4.69, 9.17) is 10.9 Å². The van der Waals surface area contributed by atoms with Crippen molar-refractivity contribution in [3.05, 3.63) is 35.4 Å². The van der Waals surface area contributed by atoms with Crippen molar-refractivity contribution in [3.8, 4) is 0 Å². The van der Waals surface area contributed by atoms with Gasteiger partial charge < -0.3 is 21.2 Å². The first-order chi connectivity index (χ1) is 9.59. The molecule has 1 aliphatic rings. The highest BCUT2D eigenvalue weighted by Gasteiger charge is 2.38. The van der Waals surface area contributed by atoms with Crippen LogP contribution in [0, 0.1) is 0 Å². The Balaban J connectivity index is 1.98. The van der Waals surface area contributed by atoms with Gasteiger partial charge in [0.25, 0.3) is 0 Å². The van der Waals surface area contributed by atoms with Gasteiger partial charge in [-0.2, -0.15) is 0 Å². The Morgan fingerprint density at radius 2 is 2.10 bits per heavy atom. The number of oxime groups is 1. The van der Waals surface area contributed by atoms with Crippen LogP contribution in [0.2, 0.25) is 0 Å². The average Bonchev–Trinajstić information content (AvgIpc) is 2.41. The smallest absolute Gasteiger partial charge is 0.170 e. The average molecular weight is 276 g/mol. The molecule has 0 radical (unpaired) electrons. The molecule has 20 heavy (non-hydrogen) atoms. The van der Waals surface area contributed by atoms with Gasteiger partial charge in [0.15, 0.2) is 5.84 Å². The molecule has 1 fully saturated rings. The summed E-state index contributed by atoms with van der Waals surface area (Å²) in [6, 6.07) is 7.74. The first kappa shape index (κ1) is 14.8. The summed E-state index contributed by atoms with van der Waals surface area (Å²) in [4.78, 5) is 2.32. The molecule has 4 N–H and O–H groups in total. The Morgan fingerprint density at radius 1 is 1.40 bits per heavy atom. The molecule has 0 aliphatic heterocycles. The molecule has 0 heterocycles. The maximum atomic E-state index is 8.82. The second kappa shape index (κ2) is 6.24. The van der Waals surface area contributed by atoms with Gasteiger partial charge in [0.05, 0.1) is 0 Å². The lowest BCUT2D eigenvalue weighted by molar-refractivity contribution is 0.0598. The zero-order valence-electron chi connectivity index (χ0n) is 12.3. The Bertz CT molecular complexity index is 481. The number of amidine groups is 1. The first-order valence-electron chi connectivity index (χ1n) is 7.03. The van der Waals surface area contributed by atoms with Crippen molar-refractivity contribution in [2.24, 2.45) is 10.9 Å². The molecule has 5 nitrogen and oxygen atoms in total. The third kappa shape index (κ3) is 2.94. The van der Waals surface area contributed by atoms with Crippen LogP contribution in [0.4, 0.5) is 0 Å². The second-order valence-corrected chi connectivity index (χ2v) is 5.72. The van der Waals surface area contributed by atoms with Crippen molar-refractivity contribution < 1.29 is 5.21 Å². The van der Waals surface area contributed by atoms with E-state index in [9.17, 15) is 0 Å². The van der Waals surface area contributed by atoms with Crippen LogP contribution in [-0.2, 0) is 6.54 Å². The van der Waals surface area contributed by atoms with Gasteiger partial charge in [-0.1, -0.05) is 29.4 Å². The predicted octanol–water partition coefficient (Wildman–Crippen LogP) is 1.35. The molecule has 1 saturated carbocycles. The van der Waals surface area contributed by atoms with Crippen LogP contribution in [0.25, 0.3) is 0 Å². The van der Waals surface area contributed by atoms with Gasteiger partial charge in [0.2, 0.25) is 0 Å². The summed E-state index contributed by atoms with van der Waals surface area (Å²) >= 11 is 0. The minimum atomic E-state index is 0.161. The van der Waals surface area contributed by atoms with E-state index in [0.717, 1.165) is 24.2 Å². The van der Waals surface area contributed by atoms with Gasteiger partial charge >= 0.3 is 0 Å². The van der Waals surface area contributed by atoms with E-state index in [1.54, 1.807) is 0 Å². The number of hydrogen-bond acceptors (Lipinski definition) is 4. The molecule has 0 spiro atoms. The fourth-order valence-electron chi connectivity index (χ4n) is 2.78. The van der Waals surface area contributed by atoms with Crippen molar-refractivity contribution >= 4 is 5.84 Å². The van der Waals surface area contributed by atoms with Crippen LogP contribution in [0.5, 0.6) is 0 Å². The van der Waals surface area contributed by atoms with Crippen LogP contribution >= 0.6 is 0 Å². The van der Waals surface area contributed by atoms with Crippen LogP contribution < -0.4 is 11.1 Å². The SMILES string of the molecule is CN(C)C1(CNCc2ccccc2/C(N)=N/O)CCC1. The van der Waals surface area contributed by atoms with Gasteiger partial charge in [-0.25, -0.2) is 0 Å². The third-order valence-corrected chi connectivity index (χ3v) is 4.40. The number of rotatable bonds is 6. The number of benzene rings is 1. The Labute approximate surface area is 120 Å². The molecule has 0 unspecified atom stereocenters. The number of nitrogens with one attached hydrogen (secondary N) is 1. The summed E-state index contributed by atoms with van der Waals surface area (Å²) in [5.74, 6) is 0.161. The summed E-state index contributed by atoms with van der Waals surface area (Å²) in [5.41, 5.74) is 7.84. The fourth-order valence-corrected chi connectivity index (χ4v) is 2.78. The summed E-state index contributed by atoms with van der Waals surface area (Å²) in [6.45, 7) is 1.69. The van der Waals surface area contributed by atoms with Crippen molar-refractivity contribution in [3.63, 3.8) is 0 Å². The van der Waals surface area contributed by atoms with Crippen molar-refractivity contribution in [1.29, 1.82) is 0 Å². The van der Waals surface area contributed by atoms with Crippen LogP contribution in [0.3, 0.4) is 0 Å². The minimum absolute atomic E-state index is 0.161. The summed E-state index contributed by atoms with van der Waals surface area (Å²) < 4.78 is 0. The lowest BCUT2D eigenvalue weighted by Gasteiger charge is -2.47. The van der Waals surface area contributed by atoms with Crippen LogP contribution in [-0.4, -0.2) is 42.1 Å². The normalized spacial score (nSPS) is 18.1. The molecule has 0 aromatic heterocycles. The van der Waals surface area contributed by atoms with E-state index < -0.39 is 0 Å². The largest absolute Gasteiger partial charge is 0.409 e. The second-order valence-electron chi connectivity index (χ2n) is 5.72. The molecule has 5 heteroatoms. The standard InChI is InChI=1S/C15H24N4O/c1-19(2)15(8-5-9-15)11-17-10-12-6-3-4-7-13(12)14(16)18-20/h3-4,6-7,17,20H,5,8-11H2,1-2H3,(H2,16,18). The maximum Gasteiger partial charge on any atom is 0.170 e. The van der Waals surface area contributed by atoms with Gasteiger partial charge in [-0.05, 0) is 38.9 Å². The van der Waals surface area contributed by atoms with Crippen LogP contribution in [0.15, 0.2) is 29.4 Å². The molecule has 1 aliphatic carbocycles. The number of hydrogen-bond donors (Lipinski definition) is 3. The van der Waals surface area contributed by atoms with Gasteiger partial charge in [0, 0.05) is 24.2 Å². The summed E-state index contributed by atoms with van der Waals surface area (Å²) in [6.07, 6.45) is 3.80. The van der Waals surface area contributed by atoms with E-state index in [-0.39, 0.29) is 5.84 Å². The molecule has 110 valence electrons. The zero-order chi connectivity index (χ0) is 14.6. The van der Waals surface area contributed by atoms with E-state index in [1.807, 2.05) is 24.3 Å². The zero-order valence-corrected chi connectivity index (χ0v) is 12.3. The molecular weight excluding hydrogens is 252 g/mol. The maximum absolute atomic E-state index is 8.82.